The van der Waals surface area contributed by atoms with Crippen LogP contribution in [-0.4, -0.2) is 20.3 Å². The second-order valence-electron chi connectivity index (χ2n) is 4.70. The summed E-state index contributed by atoms with van der Waals surface area (Å²) in [6.07, 6.45) is 4.43. The van der Waals surface area contributed by atoms with Gasteiger partial charge in [0.15, 0.2) is 11.5 Å². The summed E-state index contributed by atoms with van der Waals surface area (Å²) in [6.45, 7) is 1.48. The van der Waals surface area contributed by atoms with Gasteiger partial charge in [0.2, 0.25) is 0 Å². The van der Waals surface area contributed by atoms with Gasteiger partial charge in [-0.05, 0) is 50.3 Å². The molecule has 0 bridgehead atoms. The average molecular weight is 314 g/mol. The van der Waals surface area contributed by atoms with Crippen LogP contribution >= 0.6 is 15.9 Å². The molecule has 0 saturated heterocycles. The van der Waals surface area contributed by atoms with Crippen molar-refractivity contribution in [3.63, 3.8) is 0 Å². The Morgan fingerprint density at radius 3 is 2.78 bits per heavy atom. The highest BCUT2D eigenvalue weighted by atomic mass is 79.9. The zero-order chi connectivity index (χ0) is 13.0. The van der Waals surface area contributed by atoms with E-state index >= 15 is 0 Å². The van der Waals surface area contributed by atoms with E-state index in [1.807, 2.05) is 12.1 Å². The molecule has 0 aliphatic heterocycles. The first kappa shape index (κ1) is 13.7. The Hall–Kier alpha value is -0.740. The van der Waals surface area contributed by atoms with Gasteiger partial charge >= 0.3 is 0 Å². The van der Waals surface area contributed by atoms with Crippen LogP contribution in [0.25, 0.3) is 0 Å². The summed E-state index contributed by atoms with van der Waals surface area (Å²) in [5, 5.41) is 0. The summed E-state index contributed by atoms with van der Waals surface area (Å²) >= 11 is 3.59. The number of halogens is 1. The molecule has 0 atom stereocenters. The highest BCUT2D eigenvalue weighted by Gasteiger charge is 2.23. The van der Waals surface area contributed by atoms with E-state index in [1.54, 1.807) is 7.11 Å². The lowest BCUT2D eigenvalue weighted by atomic mass is 10.1. The van der Waals surface area contributed by atoms with Gasteiger partial charge in [-0.3, -0.25) is 0 Å². The third kappa shape index (κ3) is 3.39. The topological polar surface area (TPSA) is 44.5 Å². The SMILES string of the molecule is COc1ccc(Br)c(CCCN)c1OCC1CC1. The van der Waals surface area contributed by atoms with E-state index in [-0.39, 0.29) is 0 Å². The first-order valence-corrected chi connectivity index (χ1v) is 7.23. The van der Waals surface area contributed by atoms with E-state index in [4.69, 9.17) is 15.2 Å². The molecule has 0 radical (unpaired) electrons. The molecule has 3 nitrogen and oxygen atoms in total. The Morgan fingerprint density at radius 1 is 1.39 bits per heavy atom. The Kier molecular flexibility index (Phi) is 4.89. The van der Waals surface area contributed by atoms with E-state index in [0.29, 0.717) is 6.54 Å². The molecular weight excluding hydrogens is 294 g/mol. The fourth-order valence-electron chi connectivity index (χ4n) is 1.90. The van der Waals surface area contributed by atoms with E-state index in [2.05, 4.69) is 15.9 Å². The molecule has 0 aromatic heterocycles. The van der Waals surface area contributed by atoms with Crippen molar-refractivity contribution in [2.75, 3.05) is 20.3 Å². The Labute approximate surface area is 117 Å². The molecule has 1 fully saturated rings. The van der Waals surface area contributed by atoms with Gasteiger partial charge in [0, 0.05) is 10.0 Å². The van der Waals surface area contributed by atoms with Crippen LogP contribution in [-0.2, 0) is 6.42 Å². The van der Waals surface area contributed by atoms with Crippen molar-refractivity contribution in [3.05, 3.63) is 22.2 Å². The second-order valence-corrected chi connectivity index (χ2v) is 5.56. The van der Waals surface area contributed by atoms with Gasteiger partial charge < -0.3 is 15.2 Å². The van der Waals surface area contributed by atoms with Crippen molar-refractivity contribution in [2.45, 2.75) is 25.7 Å². The van der Waals surface area contributed by atoms with Crippen molar-refractivity contribution in [2.24, 2.45) is 11.7 Å². The smallest absolute Gasteiger partial charge is 0.165 e. The first-order valence-electron chi connectivity index (χ1n) is 6.44. The highest BCUT2D eigenvalue weighted by molar-refractivity contribution is 9.10. The lowest BCUT2D eigenvalue weighted by Gasteiger charge is -2.16. The molecule has 0 spiro atoms. The van der Waals surface area contributed by atoms with E-state index in [0.717, 1.165) is 41.3 Å². The van der Waals surface area contributed by atoms with E-state index < -0.39 is 0 Å². The van der Waals surface area contributed by atoms with Crippen LogP contribution < -0.4 is 15.2 Å². The number of rotatable bonds is 7. The van der Waals surface area contributed by atoms with Gasteiger partial charge in [-0.1, -0.05) is 15.9 Å². The number of hydrogen-bond donors (Lipinski definition) is 1. The Morgan fingerprint density at radius 2 is 2.17 bits per heavy atom. The van der Waals surface area contributed by atoms with Gasteiger partial charge in [0.1, 0.15) is 0 Å². The largest absolute Gasteiger partial charge is 0.493 e. The molecule has 1 aromatic carbocycles. The van der Waals surface area contributed by atoms with Crippen LogP contribution in [0, 0.1) is 5.92 Å². The van der Waals surface area contributed by atoms with Gasteiger partial charge in [0.05, 0.1) is 13.7 Å². The minimum Gasteiger partial charge on any atom is -0.493 e. The van der Waals surface area contributed by atoms with Crippen LogP contribution in [0.15, 0.2) is 16.6 Å². The quantitative estimate of drug-likeness (QED) is 0.841. The standard InChI is InChI=1S/C14H20BrNO2/c1-17-13-7-6-12(15)11(3-2-8-16)14(13)18-9-10-4-5-10/h6-7,10H,2-5,8-9,16H2,1H3. The van der Waals surface area contributed by atoms with Gasteiger partial charge in [-0.2, -0.15) is 0 Å². The molecule has 2 N–H and O–H groups in total. The molecule has 2 rings (SSSR count). The number of methoxy groups -OCH3 is 1. The van der Waals surface area contributed by atoms with Gasteiger partial charge in [0.25, 0.3) is 0 Å². The number of nitrogens with two attached hydrogens (primary N) is 1. The normalized spacial score (nSPS) is 14.6. The highest BCUT2D eigenvalue weighted by Crippen LogP contribution is 2.39. The molecule has 1 aliphatic rings. The average Bonchev–Trinajstić information content (AvgIpc) is 3.19. The molecule has 100 valence electrons. The zero-order valence-electron chi connectivity index (χ0n) is 10.7. The lowest BCUT2D eigenvalue weighted by Crippen LogP contribution is -2.06. The van der Waals surface area contributed by atoms with Crippen LogP contribution in [0.4, 0.5) is 0 Å². The maximum atomic E-state index is 5.97. The van der Waals surface area contributed by atoms with Crippen molar-refractivity contribution in [1.29, 1.82) is 0 Å². The fourth-order valence-corrected chi connectivity index (χ4v) is 2.41. The number of hydrogen-bond acceptors (Lipinski definition) is 3. The van der Waals surface area contributed by atoms with Crippen molar-refractivity contribution in [1.82, 2.24) is 0 Å². The van der Waals surface area contributed by atoms with E-state index in [9.17, 15) is 0 Å². The third-order valence-corrected chi connectivity index (χ3v) is 3.92. The fraction of sp³-hybridized carbons (Fsp3) is 0.571. The van der Waals surface area contributed by atoms with Crippen LogP contribution in [0.1, 0.15) is 24.8 Å². The summed E-state index contributed by atoms with van der Waals surface area (Å²) in [6, 6.07) is 3.95. The summed E-state index contributed by atoms with van der Waals surface area (Å²) in [5.74, 6) is 2.43. The molecule has 0 heterocycles. The molecule has 4 heteroatoms. The minimum atomic E-state index is 0.686. The predicted molar refractivity (Wildman–Crippen MR) is 76.3 cm³/mol. The molecule has 0 amide bonds. The molecule has 0 unspecified atom stereocenters. The maximum Gasteiger partial charge on any atom is 0.165 e. The summed E-state index contributed by atoms with van der Waals surface area (Å²) < 4.78 is 12.4. The molecule has 1 aromatic rings. The van der Waals surface area contributed by atoms with Crippen molar-refractivity contribution in [3.8, 4) is 11.5 Å². The Balaban J connectivity index is 2.20. The first-order chi connectivity index (χ1) is 8.76. The van der Waals surface area contributed by atoms with Crippen LogP contribution in [0.2, 0.25) is 0 Å². The summed E-state index contributed by atoms with van der Waals surface area (Å²) in [4.78, 5) is 0. The summed E-state index contributed by atoms with van der Waals surface area (Å²) in [5.41, 5.74) is 6.76. The minimum absolute atomic E-state index is 0.686. The lowest BCUT2D eigenvalue weighted by molar-refractivity contribution is 0.277. The van der Waals surface area contributed by atoms with Gasteiger partial charge in [-0.25, -0.2) is 0 Å². The number of benzene rings is 1. The maximum absolute atomic E-state index is 5.97. The number of ether oxygens (including phenoxy) is 2. The molecule has 1 saturated carbocycles. The van der Waals surface area contributed by atoms with E-state index in [1.165, 1.54) is 18.4 Å². The molecule has 1 aliphatic carbocycles. The molecular formula is C14H20BrNO2. The summed E-state index contributed by atoms with van der Waals surface area (Å²) in [7, 11) is 1.68. The van der Waals surface area contributed by atoms with Crippen molar-refractivity contribution >= 4 is 15.9 Å². The van der Waals surface area contributed by atoms with Gasteiger partial charge in [-0.15, -0.1) is 0 Å². The van der Waals surface area contributed by atoms with Crippen LogP contribution in [0.3, 0.4) is 0 Å². The van der Waals surface area contributed by atoms with Crippen LogP contribution in [0.5, 0.6) is 11.5 Å². The third-order valence-electron chi connectivity index (χ3n) is 3.18. The monoisotopic (exact) mass is 313 g/mol. The van der Waals surface area contributed by atoms with Crippen molar-refractivity contribution < 1.29 is 9.47 Å². The second kappa shape index (κ2) is 6.43. The predicted octanol–water partition coefficient (Wildman–Crippen LogP) is 3.14. The zero-order valence-corrected chi connectivity index (χ0v) is 12.3. The molecule has 18 heavy (non-hydrogen) atoms. The Bertz CT molecular complexity index is 405.